The highest BCUT2D eigenvalue weighted by Crippen LogP contribution is 2.17. The van der Waals surface area contributed by atoms with Gasteiger partial charge in [-0.1, -0.05) is 42.5 Å². The number of ether oxygens (including phenoxy) is 2. The van der Waals surface area contributed by atoms with Crippen LogP contribution in [0.3, 0.4) is 0 Å². The topological polar surface area (TPSA) is 38.8 Å². The standard InChI is InChI=1S/C21H23NO3/c1-17-15-24-13-12-22(17)21(23)11-10-18-8-5-9-20(14-18)25-16-19-6-3-2-4-7-19/h2-11,14,17H,12-13,15-16H2,1H3. The number of nitrogens with zero attached hydrogens (tertiary/aromatic N) is 1. The van der Waals surface area contributed by atoms with Gasteiger partial charge in [0.15, 0.2) is 0 Å². The lowest BCUT2D eigenvalue weighted by atomic mass is 10.2. The number of hydrogen-bond donors (Lipinski definition) is 0. The second kappa shape index (κ2) is 8.49. The van der Waals surface area contributed by atoms with E-state index in [1.165, 1.54) is 0 Å². The zero-order valence-electron chi connectivity index (χ0n) is 14.4. The zero-order valence-corrected chi connectivity index (χ0v) is 14.4. The van der Waals surface area contributed by atoms with Crippen molar-refractivity contribution >= 4 is 12.0 Å². The largest absolute Gasteiger partial charge is 0.489 e. The summed E-state index contributed by atoms with van der Waals surface area (Å²) < 4.78 is 11.2. The normalized spacial score (nSPS) is 17.6. The molecule has 1 atom stereocenters. The van der Waals surface area contributed by atoms with Gasteiger partial charge in [-0.05, 0) is 36.3 Å². The molecule has 0 spiro atoms. The molecule has 1 amide bonds. The molecule has 1 unspecified atom stereocenters. The smallest absolute Gasteiger partial charge is 0.246 e. The highest BCUT2D eigenvalue weighted by Gasteiger charge is 2.21. The van der Waals surface area contributed by atoms with Gasteiger partial charge < -0.3 is 14.4 Å². The van der Waals surface area contributed by atoms with E-state index < -0.39 is 0 Å². The molecule has 1 saturated heterocycles. The number of carbonyl (C=O) groups is 1. The van der Waals surface area contributed by atoms with Crippen molar-refractivity contribution in [1.29, 1.82) is 0 Å². The van der Waals surface area contributed by atoms with Crippen LogP contribution in [0.25, 0.3) is 6.08 Å². The molecule has 0 radical (unpaired) electrons. The summed E-state index contributed by atoms with van der Waals surface area (Å²) in [4.78, 5) is 14.2. The number of carbonyl (C=O) groups excluding carboxylic acids is 1. The second-order valence-electron chi connectivity index (χ2n) is 6.14. The molecule has 0 N–H and O–H groups in total. The molecule has 2 aromatic rings. The third kappa shape index (κ3) is 4.94. The number of morpholine rings is 1. The highest BCUT2D eigenvalue weighted by molar-refractivity contribution is 5.92. The number of rotatable bonds is 5. The summed E-state index contributed by atoms with van der Waals surface area (Å²) >= 11 is 0. The molecule has 0 aliphatic carbocycles. The third-order valence-corrected chi connectivity index (χ3v) is 4.18. The first-order valence-electron chi connectivity index (χ1n) is 8.55. The van der Waals surface area contributed by atoms with E-state index in [1.54, 1.807) is 6.08 Å². The maximum atomic E-state index is 12.3. The Balaban J connectivity index is 1.60. The van der Waals surface area contributed by atoms with Crippen LogP contribution in [0, 0.1) is 0 Å². The lowest BCUT2D eigenvalue weighted by Crippen LogP contribution is -2.46. The molecule has 1 aliphatic heterocycles. The molecule has 4 nitrogen and oxygen atoms in total. The summed E-state index contributed by atoms with van der Waals surface area (Å²) in [5, 5.41) is 0. The second-order valence-corrected chi connectivity index (χ2v) is 6.14. The van der Waals surface area contributed by atoms with Crippen molar-refractivity contribution in [2.45, 2.75) is 19.6 Å². The molecule has 1 fully saturated rings. The van der Waals surface area contributed by atoms with E-state index in [9.17, 15) is 4.79 Å². The molecular weight excluding hydrogens is 314 g/mol. The van der Waals surface area contributed by atoms with Crippen molar-refractivity contribution in [2.75, 3.05) is 19.8 Å². The van der Waals surface area contributed by atoms with Gasteiger partial charge in [0, 0.05) is 12.6 Å². The van der Waals surface area contributed by atoms with Crippen LogP contribution in [0.5, 0.6) is 5.75 Å². The van der Waals surface area contributed by atoms with Gasteiger partial charge in [-0.3, -0.25) is 4.79 Å². The molecule has 0 bridgehead atoms. The van der Waals surface area contributed by atoms with Gasteiger partial charge in [0.2, 0.25) is 5.91 Å². The number of amides is 1. The van der Waals surface area contributed by atoms with E-state index in [4.69, 9.17) is 9.47 Å². The fourth-order valence-electron chi connectivity index (χ4n) is 2.77. The van der Waals surface area contributed by atoms with Crippen LogP contribution < -0.4 is 4.74 Å². The van der Waals surface area contributed by atoms with E-state index in [0.29, 0.717) is 26.4 Å². The van der Waals surface area contributed by atoms with Crippen molar-refractivity contribution in [3.05, 3.63) is 71.8 Å². The van der Waals surface area contributed by atoms with Gasteiger partial charge in [0.05, 0.1) is 19.3 Å². The molecule has 130 valence electrons. The molecule has 3 rings (SSSR count). The van der Waals surface area contributed by atoms with E-state index in [0.717, 1.165) is 16.9 Å². The minimum absolute atomic E-state index is 0.0198. The van der Waals surface area contributed by atoms with Gasteiger partial charge >= 0.3 is 0 Å². The molecule has 4 heteroatoms. The van der Waals surface area contributed by atoms with Crippen LogP contribution in [0.4, 0.5) is 0 Å². The first-order chi connectivity index (χ1) is 12.2. The van der Waals surface area contributed by atoms with Gasteiger partial charge in [-0.25, -0.2) is 0 Å². The SMILES string of the molecule is CC1COCCN1C(=O)C=Cc1cccc(OCc2ccccc2)c1. The Labute approximate surface area is 148 Å². The maximum absolute atomic E-state index is 12.3. The van der Waals surface area contributed by atoms with E-state index in [1.807, 2.05) is 72.5 Å². The summed E-state index contributed by atoms with van der Waals surface area (Å²) in [5.41, 5.74) is 2.07. The van der Waals surface area contributed by atoms with E-state index >= 15 is 0 Å². The Morgan fingerprint density at radius 3 is 2.88 bits per heavy atom. The minimum atomic E-state index is 0.0198. The fourth-order valence-corrected chi connectivity index (χ4v) is 2.77. The first kappa shape index (κ1) is 17.2. The van der Waals surface area contributed by atoms with Crippen molar-refractivity contribution in [3.8, 4) is 5.75 Å². The predicted molar refractivity (Wildman–Crippen MR) is 98.2 cm³/mol. The number of hydrogen-bond acceptors (Lipinski definition) is 3. The lowest BCUT2D eigenvalue weighted by Gasteiger charge is -2.32. The highest BCUT2D eigenvalue weighted by atomic mass is 16.5. The zero-order chi connectivity index (χ0) is 17.5. The molecular formula is C21H23NO3. The van der Waals surface area contributed by atoms with Crippen LogP contribution in [-0.4, -0.2) is 36.6 Å². The van der Waals surface area contributed by atoms with E-state index in [2.05, 4.69) is 0 Å². The Morgan fingerprint density at radius 2 is 2.08 bits per heavy atom. The molecule has 25 heavy (non-hydrogen) atoms. The van der Waals surface area contributed by atoms with E-state index in [-0.39, 0.29) is 11.9 Å². The van der Waals surface area contributed by atoms with Crippen molar-refractivity contribution in [2.24, 2.45) is 0 Å². The van der Waals surface area contributed by atoms with Crippen LogP contribution in [0.2, 0.25) is 0 Å². The molecule has 2 aromatic carbocycles. The van der Waals surface area contributed by atoms with Crippen molar-refractivity contribution in [1.82, 2.24) is 4.90 Å². The summed E-state index contributed by atoms with van der Waals surface area (Å²) in [6, 6.07) is 17.9. The van der Waals surface area contributed by atoms with Gasteiger partial charge in [-0.2, -0.15) is 0 Å². The lowest BCUT2D eigenvalue weighted by molar-refractivity contribution is -0.133. The van der Waals surface area contributed by atoms with Crippen LogP contribution >= 0.6 is 0 Å². The minimum Gasteiger partial charge on any atom is -0.489 e. The first-order valence-corrected chi connectivity index (χ1v) is 8.55. The Hall–Kier alpha value is -2.59. The van der Waals surface area contributed by atoms with Crippen LogP contribution in [-0.2, 0) is 16.1 Å². The van der Waals surface area contributed by atoms with Crippen LogP contribution in [0.1, 0.15) is 18.1 Å². The van der Waals surface area contributed by atoms with Crippen molar-refractivity contribution in [3.63, 3.8) is 0 Å². The Kier molecular flexibility index (Phi) is 5.86. The van der Waals surface area contributed by atoms with Gasteiger partial charge in [0.1, 0.15) is 12.4 Å². The summed E-state index contributed by atoms with van der Waals surface area (Å²) in [6.07, 6.45) is 3.46. The number of benzene rings is 2. The molecule has 1 aliphatic rings. The van der Waals surface area contributed by atoms with Gasteiger partial charge in [0.25, 0.3) is 0 Å². The summed E-state index contributed by atoms with van der Waals surface area (Å²) in [5.74, 6) is 0.810. The van der Waals surface area contributed by atoms with Crippen molar-refractivity contribution < 1.29 is 14.3 Å². The quantitative estimate of drug-likeness (QED) is 0.784. The average Bonchev–Trinajstić information content (AvgIpc) is 2.66. The maximum Gasteiger partial charge on any atom is 0.246 e. The Morgan fingerprint density at radius 1 is 1.24 bits per heavy atom. The predicted octanol–water partition coefficient (Wildman–Crippen LogP) is 3.53. The molecule has 0 saturated carbocycles. The monoisotopic (exact) mass is 337 g/mol. The molecule has 0 aromatic heterocycles. The molecule has 1 heterocycles. The Bertz CT molecular complexity index is 727. The third-order valence-electron chi connectivity index (χ3n) is 4.18. The van der Waals surface area contributed by atoms with Crippen LogP contribution in [0.15, 0.2) is 60.7 Å². The van der Waals surface area contributed by atoms with Gasteiger partial charge in [-0.15, -0.1) is 0 Å². The summed E-state index contributed by atoms with van der Waals surface area (Å²) in [6.45, 7) is 4.38. The fraction of sp³-hybridized carbons (Fsp3) is 0.286. The summed E-state index contributed by atoms with van der Waals surface area (Å²) in [7, 11) is 0. The average molecular weight is 337 g/mol.